The molecule has 0 spiro atoms. The van der Waals surface area contributed by atoms with Crippen LogP contribution in [0.1, 0.15) is 13.3 Å². The second kappa shape index (κ2) is 2.28. The molecule has 0 aliphatic carbocycles. The fraction of sp³-hybridized carbons (Fsp3) is 0.667. The number of hydrogen-bond acceptors (Lipinski definition) is 3. The molecule has 0 aromatic carbocycles. The van der Waals surface area contributed by atoms with Crippen molar-refractivity contribution in [1.82, 2.24) is 5.32 Å². The van der Waals surface area contributed by atoms with Crippen molar-refractivity contribution in [2.45, 2.75) is 19.4 Å². The predicted molar refractivity (Wildman–Crippen MR) is 30.7 cm³/mol. The van der Waals surface area contributed by atoms with E-state index >= 15 is 0 Å². The Bertz CT molecular complexity index is 170. The minimum atomic E-state index is -1.19. The SMILES string of the molecule is CC[C@@H]1C(=O)N[C@@H]1C(=O)[O-]. The van der Waals surface area contributed by atoms with E-state index in [1.807, 2.05) is 0 Å². The molecule has 1 N–H and O–H groups in total. The molecule has 1 fully saturated rings. The van der Waals surface area contributed by atoms with Crippen LogP contribution in [0.25, 0.3) is 0 Å². The Labute approximate surface area is 58.2 Å². The average Bonchev–Trinajstić information content (AvgIpc) is 1.83. The van der Waals surface area contributed by atoms with Gasteiger partial charge in [0.25, 0.3) is 0 Å². The smallest absolute Gasteiger partial charge is 0.226 e. The highest BCUT2D eigenvalue weighted by atomic mass is 16.4. The third-order valence-corrected chi connectivity index (χ3v) is 1.73. The fourth-order valence-electron chi connectivity index (χ4n) is 1.06. The van der Waals surface area contributed by atoms with Gasteiger partial charge in [0.1, 0.15) is 0 Å². The summed E-state index contributed by atoms with van der Waals surface area (Å²) in [5, 5.41) is 12.4. The first kappa shape index (κ1) is 7.05. The number of carboxylic acid groups (broad SMARTS) is 1. The lowest BCUT2D eigenvalue weighted by Gasteiger charge is -2.36. The highest BCUT2D eigenvalue weighted by Gasteiger charge is 2.38. The Morgan fingerprint density at radius 3 is 2.60 bits per heavy atom. The molecular formula is C6H8NO3-. The van der Waals surface area contributed by atoms with Crippen LogP contribution in [0.3, 0.4) is 0 Å². The molecule has 1 aliphatic rings. The number of β-lactam (4-membered cyclic amide) rings is 1. The standard InChI is InChI=1S/C6H9NO3/c1-2-3-4(6(9)10)7-5(3)8/h3-4H,2H2,1H3,(H,7,8)(H,9,10)/p-1/t3-,4-/m0/s1. The summed E-state index contributed by atoms with van der Waals surface area (Å²) in [6, 6.07) is -0.752. The van der Waals surface area contributed by atoms with Gasteiger partial charge in [0.05, 0.1) is 17.9 Å². The third-order valence-electron chi connectivity index (χ3n) is 1.73. The number of rotatable bonds is 2. The number of amides is 1. The van der Waals surface area contributed by atoms with Gasteiger partial charge in [-0.3, -0.25) is 4.79 Å². The fourth-order valence-corrected chi connectivity index (χ4v) is 1.06. The second-order valence-corrected chi connectivity index (χ2v) is 2.32. The lowest BCUT2D eigenvalue weighted by atomic mass is 9.88. The number of aliphatic carboxylic acids is 1. The molecule has 0 saturated carbocycles. The summed E-state index contributed by atoms with van der Waals surface area (Å²) in [4.78, 5) is 20.7. The van der Waals surface area contributed by atoms with E-state index in [2.05, 4.69) is 5.32 Å². The molecule has 2 atom stereocenters. The quantitative estimate of drug-likeness (QED) is 0.465. The van der Waals surface area contributed by atoms with Crippen LogP contribution in [0.5, 0.6) is 0 Å². The maximum Gasteiger partial charge on any atom is 0.226 e. The molecule has 10 heavy (non-hydrogen) atoms. The molecular weight excluding hydrogens is 134 g/mol. The van der Waals surface area contributed by atoms with Crippen LogP contribution in [0, 0.1) is 5.92 Å². The molecule has 1 aliphatic heterocycles. The molecule has 4 heteroatoms. The van der Waals surface area contributed by atoms with Crippen molar-refractivity contribution in [2.75, 3.05) is 0 Å². The van der Waals surface area contributed by atoms with Gasteiger partial charge in [-0.05, 0) is 6.42 Å². The van der Waals surface area contributed by atoms with Crippen molar-refractivity contribution in [3.8, 4) is 0 Å². The predicted octanol–water partition coefficient (Wildman–Crippen LogP) is -1.74. The van der Waals surface area contributed by atoms with Crippen LogP contribution >= 0.6 is 0 Å². The van der Waals surface area contributed by atoms with Gasteiger partial charge in [0.15, 0.2) is 0 Å². The highest BCUT2D eigenvalue weighted by molar-refractivity contribution is 5.95. The Balaban J connectivity index is 2.53. The molecule has 1 saturated heterocycles. The van der Waals surface area contributed by atoms with Gasteiger partial charge in [-0.25, -0.2) is 0 Å². The summed E-state index contributed by atoms with van der Waals surface area (Å²) in [7, 11) is 0. The first-order valence-corrected chi connectivity index (χ1v) is 3.18. The summed E-state index contributed by atoms with van der Waals surface area (Å²) >= 11 is 0. The van der Waals surface area contributed by atoms with Crippen molar-refractivity contribution in [2.24, 2.45) is 5.92 Å². The van der Waals surface area contributed by atoms with Crippen molar-refractivity contribution < 1.29 is 14.7 Å². The minimum Gasteiger partial charge on any atom is -0.548 e. The summed E-state index contributed by atoms with van der Waals surface area (Å²) in [5.74, 6) is -1.74. The first-order chi connectivity index (χ1) is 4.66. The van der Waals surface area contributed by atoms with Gasteiger partial charge < -0.3 is 15.2 Å². The van der Waals surface area contributed by atoms with Crippen LogP contribution in [0.4, 0.5) is 0 Å². The lowest BCUT2D eigenvalue weighted by Crippen LogP contribution is -2.65. The van der Waals surface area contributed by atoms with Crippen LogP contribution in [-0.2, 0) is 9.59 Å². The molecule has 1 amide bonds. The molecule has 1 rings (SSSR count). The Kier molecular flexibility index (Phi) is 1.61. The topological polar surface area (TPSA) is 69.2 Å². The summed E-state index contributed by atoms with van der Waals surface area (Å²) < 4.78 is 0. The zero-order valence-corrected chi connectivity index (χ0v) is 5.59. The zero-order valence-electron chi connectivity index (χ0n) is 5.59. The molecule has 0 radical (unpaired) electrons. The van der Waals surface area contributed by atoms with E-state index in [1.165, 1.54) is 0 Å². The molecule has 56 valence electrons. The largest absolute Gasteiger partial charge is 0.548 e. The van der Waals surface area contributed by atoms with Gasteiger partial charge >= 0.3 is 0 Å². The van der Waals surface area contributed by atoms with E-state index in [1.54, 1.807) is 6.92 Å². The van der Waals surface area contributed by atoms with Gasteiger partial charge in [0, 0.05) is 0 Å². The van der Waals surface area contributed by atoms with Crippen molar-refractivity contribution in [3.05, 3.63) is 0 Å². The van der Waals surface area contributed by atoms with E-state index < -0.39 is 12.0 Å². The number of carbonyl (C=O) groups is 2. The number of hydrogen-bond donors (Lipinski definition) is 1. The van der Waals surface area contributed by atoms with Crippen molar-refractivity contribution in [3.63, 3.8) is 0 Å². The molecule has 0 aromatic rings. The molecule has 1 heterocycles. The van der Waals surface area contributed by atoms with Crippen LogP contribution in [0.2, 0.25) is 0 Å². The summed E-state index contributed by atoms with van der Waals surface area (Å²) in [5.41, 5.74) is 0. The number of nitrogens with one attached hydrogen (secondary N) is 1. The Hall–Kier alpha value is -1.06. The zero-order chi connectivity index (χ0) is 7.72. The van der Waals surface area contributed by atoms with Gasteiger partial charge in [-0.2, -0.15) is 0 Å². The second-order valence-electron chi connectivity index (χ2n) is 2.32. The van der Waals surface area contributed by atoms with Gasteiger partial charge in [0.2, 0.25) is 5.91 Å². The minimum absolute atomic E-state index is 0.184. The van der Waals surface area contributed by atoms with E-state index in [0.29, 0.717) is 6.42 Å². The van der Waals surface area contributed by atoms with Crippen LogP contribution < -0.4 is 10.4 Å². The van der Waals surface area contributed by atoms with Crippen LogP contribution in [-0.4, -0.2) is 17.9 Å². The maximum absolute atomic E-state index is 10.6. The van der Waals surface area contributed by atoms with Crippen LogP contribution in [0.15, 0.2) is 0 Å². The summed E-state index contributed by atoms with van der Waals surface area (Å²) in [6.07, 6.45) is 0.560. The number of carboxylic acids is 1. The average molecular weight is 142 g/mol. The molecule has 0 bridgehead atoms. The number of carbonyl (C=O) groups excluding carboxylic acids is 2. The molecule has 4 nitrogen and oxygen atoms in total. The van der Waals surface area contributed by atoms with Gasteiger partial charge in [-0.15, -0.1) is 0 Å². The van der Waals surface area contributed by atoms with E-state index in [9.17, 15) is 14.7 Å². The van der Waals surface area contributed by atoms with E-state index in [4.69, 9.17) is 0 Å². The molecule has 0 aromatic heterocycles. The lowest BCUT2D eigenvalue weighted by molar-refractivity contribution is -0.311. The normalized spacial score (nSPS) is 30.7. The first-order valence-electron chi connectivity index (χ1n) is 3.18. The Morgan fingerprint density at radius 2 is 2.40 bits per heavy atom. The summed E-state index contributed by atoms with van der Waals surface area (Å²) in [6.45, 7) is 1.78. The maximum atomic E-state index is 10.6. The Morgan fingerprint density at radius 1 is 1.80 bits per heavy atom. The molecule has 0 unspecified atom stereocenters. The van der Waals surface area contributed by atoms with Crippen molar-refractivity contribution >= 4 is 11.9 Å². The highest BCUT2D eigenvalue weighted by Crippen LogP contribution is 2.17. The van der Waals surface area contributed by atoms with E-state index in [-0.39, 0.29) is 11.8 Å². The monoisotopic (exact) mass is 142 g/mol. The third kappa shape index (κ3) is 0.853. The van der Waals surface area contributed by atoms with Crippen molar-refractivity contribution in [1.29, 1.82) is 0 Å². The van der Waals surface area contributed by atoms with Gasteiger partial charge in [-0.1, -0.05) is 6.92 Å². The van der Waals surface area contributed by atoms with E-state index in [0.717, 1.165) is 0 Å².